The van der Waals surface area contributed by atoms with Gasteiger partial charge in [-0.15, -0.1) is 0 Å². The summed E-state index contributed by atoms with van der Waals surface area (Å²) >= 11 is 0. The second kappa shape index (κ2) is 6.03. The molecule has 0 amide bonds. The smallest absolute Gasteiger partial charge is 0.165 e. The largest absolute Gasteiger partial charge is 0.378 e. The van der Waals surface area contributed by atoms with Crippen LogP contribution in [0.3, 0.4) is 0 Å². The van der Waals surface area contributed by atoms with Crippen LogP contribution in [0.2, 0.25) is 0 Å². The van der Waals surface area contributed by atoms with Crippen LogP contribution in [0.15, 0.2) is 24.3 Å². The van der Waals surface area contributed by atoms with Gasteiger partial charge in [-0.3, -0.25) is 4.79 Å². The fourth-order valence-corrected chi connectivity index (χ4v) is 2.70. The number of carbonyl (C=O) groups excluding carboxylic acids is 1. The van der Waals surface area contributed by atoms with E-state index >= 15 is 0 Å². The topological polar surface area (TPSA) is 20.3 Å². The Morgan fingerprint density at radius 2 is 1.56 bits per heavy atom. The second-order valence-corrected chi connectivity index (χ2v) is 5.49. The van der Waals surface area contributed by atoms with Gasteiger partial charge in [0.15, 0.2) is 5.78 Å². The summed E-state index contributed by atoms with van der Waals surface area (Å²) in [4.78, 5) is 14.5. The molecule has 0 N–H and O–H groups in total. The van der Waals surface area contributed by atoms with Crippen molar-refractivity contribution < 1.29 is 4.79 Å². The minimum absolute atomic E-state index is 0.262. The van der Waals surface area contributed by atoms with Gasteiger partial charge in [-0.25, -0.2) is 0 Å². The van der Waals surface area contributed by atoms with Crippen LogP contribution in [0, 0.1) is 5.92 Å². The van der Waals surface area contributed by atoms with Crippen molar-refractivity contribution in [2.24, 2.45) is 5.92 Å². The highest BCUT2D eigenvalue weighted by molar-refractivity contribution is 5.98. The van der Waals surface area contributed by atoms with E-state index in [4.69, 9.17) is 0 Å². The van der Waals surface area contributed by atoms with Crippen LogP contribution in [0.4, 0.5) is 5.69 Å². The highest BCUT2D eigenvalue weighted by Crippen LogP contribution is 2.26. The Bertz CT molecular complexity index is 386. The van der Waals surface area contributed by atoms with Crippen LogP contribution in [-0.2, 0) is 0 Å². The fraction of sp³-hybridized carbons (Fsp3) is 0.562. The lowest BCUT2D eigenvalue weighted by Crippen LogP contribution is -2.14. The van der Waals surface area contributed by atoms with Crippen molar-refractivity contribution in [2.75, 3.05) is 19.0 Å². The van der Waals surface area contributed by atoms with Crippen LogP contribution in [0.5, 0.6) is 0 Å². The maximum Gasteiger partial charge on any atom is 0.165 e. The molecule has 0 atom stereocenters. The van der Waals surface area contributed by atoms with Gasteiger partial charge in [-0.2, -0.15) is 0 Å². The summed E-state index contributed by atoms with van der Waals surface area (Å²) < 4.78 is 0. The molecular formula is C16H23NO. The molecule has 1 aliphatic rings. The fourth-order valence-electron chi connectivity index (χ4n) is 2.70. The summed E-state index contributed by atoms with van der Waals surface area (Å²) in [6, 6.07) is 8.01. The zero-order valence-electron chi connectivity index (χ0n) is 11.5. The lowest BCUT2D eigenvalue weighted by molar-refractivity contribution is 0.0908. The quantitative estimate of drug-likeness (QED) is 0.594. The first-order chi connectivity index (χ1) is 8.68. The maximum absolute atomic E-state index is 12.4. The third-order valence-corrected chi connectivity index (χ3v) is 3.89. The van der Waals surface area contributed by atoms with Crippen molar-refractivity contribution in [1.29, 1.82) is 0 Å². The molecular weight excluding hydrogens is 222 g/mol. The van der Waals surface area contributed by atoms with Crippen molar-refractivity contribution in [3.8, 4) is 0 Å². The molecule has 0 unspecified atom stereocenters. The molecule has 1 saturated carbocycles. The molecule has 0 spiro atoms. The molecule has 2 rings (SSSR count). The van der Waals surface area contributed by atoms with E-state index in [1.807, 2.05) is 38.4 Å². The Labute approximate surface area is 110 Å². The second-order valence-electron chi connectivity index (χ2n) is 5.49. The molecule has 2 heteroatoms. The van der Waals surface area contributed by atoms with Gasteiger partial charge in [0.05, 0.1) is 0 Å². The van der Waals surface area contributed by atoms with Gasteiger partial charge in [-0.1, -0.05) is 25.7 Å². The predicted octanol–water partition coefficient (Wildman–Crippen LogP) is 3.91. The molecule has 1 fully saturated rings. The van der Waals surface area contributed by atoms with E-state index in [0.717, 1.165) is 24.1 Å². The first-order valence-corrected chi connectivity index (χ1v) is 7.00. The number of carbonyl (C=O) groups is 1. The number of rotatable bonds is 3. The Balaban J connectivity index is 2.07. The van der Waals surface area contributed by atoms with Crippen LogP contribution in [-0.4, -0.2) is 19.9 Å². The van der Waals surface area contributed by atoms with Gasteiger partial charge < -0.3 is 4.90 Å². The Hall–Kier alpha value is -1.31. The molecule has 0 radical (unpaired) electrons. The summed E-state index contributed by atoms with van der Waals surface area (Å²) in [6.45, 7) is 0. The van der Waals surface area contributed by atoms with Gasteiger partial charge in [0.2, 0.25) is 0 Å². The molecule has 1 aromatic carbocycles. The number of benzene rings is 1. The molecule has 1 aromatic rings. The van der Waals surface area contributed by atoms with Gasteiger partial charge in [0.1, 0.15) is 0 Å². The van der Waals surface area contributed by atoms with E-state index in [1.165, 1.54) is 25.7 Å². The molecule has 2 nitrogen and oxygen atoms in total. The number of hydrogen-bond acceptors (Lipinski definition) is 2. The SMILES string of the molecule is CN(C)c1ccc(C(=O)C2CCCCCC2)cc1. The summed E-state index contributed by atoms with van der Waals surface area (Å²) in [6.07, 6.45) is 7.17. The van der Waals surface area contributed by atoms with Crippen LogP contribution < -0.4 is 4.90 Å². The first-order valence-electron chi connectivity index (χ1n) is 7.00. The lowest BCUT2D eigenvalue weighted by atomic mass is 9.91. The average Bonchev–Trinajstić information content (AvgIpc) is 2.67. The Morgan fingerprint density at radius 3 is 2.06 bits per heavy atom. The first kappa shape index (κ1) is 13.1. The maximum atomic E-state index is 12.4. The average molecular weight is 245 g/mol. The highest BCUT2D eigenvalue weighted by Gasteiger charge is 2.21. The molecule has 0 bridgehead atoms. The number of nitrogens with zero attached hydrogens (tertiary/aromatic N) is 1. The van der Waals surface area contributed by atoms with Gasteiger partial charge >= 0.3 is 0 Å². The molecule has 0 aromatic heterocycles. The van der Waals surface area contributed by atoms with Crippen molar-refractivity contribution in [2.45, 2.75) is 38.5 Å². The Morgan fingerprint density at radius 1 is 1.00 bits per heavy atom. The van der Waals surface area contributed by atoms with E-state index in [1.54, 1.807) is 0 Å². The molecule has 1 aliphatic carbocycles. The highest BCUT2D eigenvalue weighted by atomic mass is 16.1. The van der Waals surface area contributed by atoms with E-state index in [2.05, 4.69) is 4.90 Å². The van der Waals surface area contributed by atoms with Crippen LogP contribution in [0.1, 0.15) is 48.9 Å². The minimum Gasteiger partial charge on any atom is -0.378 e. The number of Topliss-reactive ketones (excluding diaryl/α,β-unsaturated/α-hetero) is 1. The normalized spacial score (nSPS) is 17.2. The molecule has 18 heavy (non-hydrogen) atoms. The third kappa shape index (κ3) is 3.12. The monoisotopic (exact) mass is 245 g/mol. The summed E-state index contributed by atoms with van der Waals surface area (Å²) in [7, 11) is 4.03. The minimum atomic E-state index is 0.262. The summed E-state index contributed by atoms with van der Waals surface area (Å²) in [5.41, 5.74) is 2.03. The van der Waals surface area contributed by atoms with E-state index < -0.39 is 0 Å². The van der Waals surface area contributed by atoms with Gasteiger partial charge in [0, 0.05) is 31.3 Å². The van der Waals surface area contributed by atoms with Gasteiger partial charge in [-0.05, 0) is 37.1 Å². The number of ketones is 1. The summed E-state index contributed by atoms with van der Waals surface area (Å²) in [5.74, 6) is 0.611. The molecule has 98 valence electrons. The van der Waals surface area contributed by atoms with Crippen LogP contribution in [0.25, 0.3) is 0 Å². The van der Waals surface area contributed by atoms with Gasteiger partial charge in [0.25, 0.3) is 0 Å². The molecule has 0 aliphatic heterocycles. The predicted molar refractivity (Wildman–Crippen MR) is 76.3 cm³/mol. The van der Waals surface area contributed by atoms with Crippen molar-refractivity contribution in [3.05, 3.63) is 29.8 Å². The number of anilines is 1. The lowest BCUT2D eigenvalue weighted by Gasteiger charge is -2.15. The molecule has 0 saturated heterocycles. The van der Waals surface area contributed by atoms with Crippen molar-refractivity contribution in [1.82, 2.24) is 0 Å². The summed E-state index contributed by atoms with van der Waals surface area (Å²) in [5, 5.41) is 0. The van der Waals surface area contributed by atoms with Crippen molar-refractivity contribution >= 4 is 11.5 Å². The zero-order chi connectivity index (χ0) is 13.0. The van der Waals surface area contributed by atoms with E-state index in [-0.39, 0.29) is 5.92 Å². The standard InChI is InChI=1S/C16H23NO/c1-17(2)15-11-9-14(10-12-15)16(18)13-7-5-3-4-6-8-13/h9-13H,3-8H2,1-2H3. The van der Waals surface area contributed by atoms with E-state index in [0.29, 0.717) is 5.78 Å². The number of hydrogen-bond donors (Lipinski definition) is 0. The Kier molecular flexibility index (Phi) is 4.40. The van der Waals surface area contributed by atoms with E-state index in [9.17, 15) is 4.79 Å². The molecule has 0 heterocycles. The third-order valence-electron chi connectivity index (χ3n) is 3.89. The van der Waals surface area contributed by atoms with Crippen molar-refractivity contribution in [3.63, 3.8) is 0 Å². The van der Waals surface area contributed by atoms with Crippen LogP contribution >= 0.6 is 0 Å². The zero-order valence-corrected chi connectivity index (χ0v) is 11.5.